The number of aromatic nitrogens is 5. The number of nitrogens with zero attached hydrogens (tertiary/aromatic N) is 7. The molecule has 0 saturated carbocycles. The maximum Gasteiger partial charge on any atom is 0.259 e. The number of likely N-dealkylation sites (tertiary alicyclic amines) is 1. The van der Waals surface area contributed by atoms with Crippen LogP contribution >= 0.6 is 0 Å². The van der Waals surface area contributed by atoms with Crippen molar-refractivity contribution in [1.29, 1.82) is 0 Å². The lowest BCUT2D eigenvalue weighted by Gasteiger charge is -2.33. The maximum atomic E-state index is 13.2. The van der Waals surface area contributed by atoms with Gasteiger partial charge in [0.2, 0.25) is 11.9 Å². The summed E-state index contributed by atoms with van der Waals surface area (Å²) in [7, 11) is 7.44. The van der Waals surface area contributed by atoms with Gasteiger partial charge in [0.25, 0.3) is 11.5 Å². The van der Waals surface area contributed by atoms with Crippen molar-refractivity contribution in [3.8, 4) is 0 Å². The zero-order valence-corrected chi connectivity index (χ0v) is 19.1. The third-order valence-corrected chi connectivity index (χ3v) is 5.75. The summed E-state index contributed by atoms with van der Waals surface area (Å²) in [5.41, 5.74) is 2.35. The molecule has 1 fully saturated rings. The van der Waals surface area contributed by atoms with E-state index in [1.807, 2.05) is 46.1 Å². The van der Waals surface area contributed by atoms with E-state index in [4.69, 9.17) is 0 Å². The highest BCUT2D eigenvalue weighted by Crippen LogP contribution is 2.28. The third-order valence-electron chi connectivity index (χ3n) is 5.75. The summed E-state index contributed by atoms with van der Waals surface area (Å²) in [6.07, 6.45) is 4.88. The Balaban J connectivity index is 1.61. The number of anilines is 2. The number of nitrogens with one attached hydrogen (secondary N) is 1. The molecule has 1 amide bonds. The molecule has 1 atom stereocenters. The molecule has 32 heavy (non-hydrogen) atoms. The lowest BCUT2D eigenvalue weighted by atomic mass is 9.93. The van der Waals surface area contributed by atoms with Crippen molar-refractivity contribution in [3.05, 3.63) is 45.8 Å². The summed E-state index contributed by atoms with van der Waals surface area (Å²) in [5, 5.41) is 0.455. The molecule has 0 bridgehead atoms. The molecule has 0 aromatic carbocycles. The van der Waals surface area contributed by atoms with Crippen LogP contribution in [0.5, 0.6) is 0 Å². The van der Waals surface area contributed by atoms with Gasteiger partial charge in [-0.2, -0.15) is 0 Å². The van der Waals surface area contributed by atoms with E-state index >= 15 is 0 Å². The molecular formula is C22H28N8O2. The molecule has 3 aromatic heterocycles. The number of pyridine rings is 1. The molecule has 1 aliphatic heterocycles. The average molecular weight is 437 g/mol. The lowest BCUT2D eigenvalue weighted by Crippen LogP contribution is -2.40. The van der Waals surface area contributed by atoms with Crippen LogP contribution in [0.1, 0.15) is 40.5 Å². The third kappa shape index (κ3) is 4.12. The quantitative estimate of drug-likeness (QED) is 0.656. The van der Waals surface area contributed by atoms with Gasteiger partial charge in [-0.3, -0.25) is 9.59 Å². The van der Waals surface area contributed by atoms with Crippen molar-refractivity contribution in [3.63, 3.8) is 0 Å². The maximum absolute atomic E-state index is 13.2. The highest BCUT2D eigenvalue weighted by Gasteiger charge is 2.28. The van der Waals surface area contributed by atoms with Crippen LogP contribution < -0.4 is 15.4 Å². The predicted octanol–water partition coefficient (Wildman–Crippen LogP) is 1.57. The smallest absolute Gasteiger partial charge is 0.259 e. The van der Waals surface area contributed by atoms with Gasteiger partial charge >= 0.3 is 0 Å². The minimum atomic E-state index is -0.213. The number of amides is 1. The number of aryl methyl sites for hydroxylation is 1. The van der Waals surface area contributed by atoms with Gasteiger partial charge < -0.3 is 19.7 Å². The van der Waals surface area contributed by atoms with E-state index in [1.54, 1.807) is 22.2 Å². The topological polar surface area (TPSA) is 111 Å². The van der Waals surface area contributed by atoms with E-state index < -0.39 is 0 Å². The van der Waals surface area contributed by atoms with Crippen molar-refractivity contribution < 1.29 is 4.79 Å². The molecule has 10 nitrogen and oxygen atoms in total. The van der Waals surface area contributed by atoms with Crippen molar-refractivity contribution in [2.45, 2.75) is 25.7 Å². The van der Waals surface area contributed by atoms with Crippen molar-refractivity contribution in [2.24, 2.45) is 0 Å². The summed E-state index contributed by atoms with van der Waals surface area (Å²) < 4.78 is 0. The lowest BCUT2D eigenvalue weighted by molar-refractivity contribution is 0.0704. The van der Waals surface area contributed by atoms with Crippen LogP contribution in [0.15, 0.2) is 23.3 Å². The first-order valence-electron chi connectivity index (χ1n) is 10.6. The van der Waals surface area contributed by atoms with Gasteiger partial charge in [0.05, 0.1) is 22.2 Å². The Morgan fingerprint density at radius 3 is 2.47 bits per heavy atom. The number of fused-ring (bicyclic) bond motifs is 1. The van der Waals surface area contributed by atoms with Crippen LogP contribution in [0, 0.1) is 6.92 Å². The molecule has 1 unspecified atom stereocenters. The van der Waals surface area contributed by atoms with Crippen LogP contribution in [-0.2, 0) is 0 Å². The first kappa shape index (κ1) is 21.7. The SMILES string of the molecule is Cc1nc(N(C)C)ncc1C(=O)N1CCCC(c2cc3nc(N(C)C)ncc3c(=O)[nH]2)C1. The second-order valence-electron chi connectivity index (χ2n) is 8.57. The number of piperidine rings is 1. The van der Waals surface area contributed by atoms with Crippen LogP contribution in [0.25, 0.3) is 10.9 Å². The fourth-order valence-electron chi connectivity index (χ4n) is 3.95. The number of aromatic amines is 1. The minimum Gasteiger partial charge on any atom is -0.347 e. The first-order chi connectivity index (χ1) is 15.2. The average Bonchev–Trinajstić information content (AvgIpc) is 2.78. The highest BCUT2D eigenvalue weighted by molar-refractivity contribution is 5.95. The number of carbonyl (C=O) groups is 1. The molecule has 1 saturated heterocycles. The predicted molar refractivity (Wildman–Crippen MR) is 123 cm³/mol. The largest absolute Gasteiger partial charge is 0.347 e. The zero-order valence-electron chi connectivity index (χ0n) is 19.1. The fourth-order valence-corrected chi connectivity index (χ4v) is 3.95. The van der Waals surface area contributed by atoms with E-state index in [9.17, 15) is 9.59 Å². The molecule has 168 valence electrons. The molecule has 1 N–H and O–H groups in total. The van der Waals surface area contributed by atoms with E-state index in [0.717, 1.165) is 18.5 Å². The minimum absolute atomic E-state index is 0.0184. The number of hydrogen-bond acceptors (Lipinski definition) is 8. The summed E-state index contributed by atoms with van der Waals surface area (Å²) >= 11 is 0. The van der Waals surface area contributed by atoms with Gasteiger partial charge in [0.15, 0.2) is 0 Å². The van der Waals surface area contributed by atoms with E-state index in [-0.39, 0.29) is 17.4 Å². The molecule has 4 heterocycles. The molecule has 3 aromatic rings. The normalized spacial score (nSPS) is 16.3. The van der Waals surface area contributed by atoms with Crippen LogP contribution in [0.4, 0.5) is 11.9 Å². The summed E-state index contributed by atoms with van der Waals surface area (Å²) in [6, 6.07) is 1.91. The van der Waals surface area contributed by atoms with Gasteiger partial charge in [-0.05, 0) is 25.8 Å². The Morgan fingerprint density at radius 1 is 1.09 bits per heavy atom. The van der Waals surface area contributed by atoms with Gasteiger partial charge in [-0.25, -0.2) is 19.9 Å². The second kappa shape index (κ2) is 8.52. The Labute approximate surface area is 186 Å². The van der Waals surface area contributed by atoms with Crippen molar-refractivity contribution in [2.75, 3.05) is 51.1 Å². The van der Waals surface area contributed by atoms with Crippen molar-refractivity contribution in [1.82, 2.24) is 29.8 Å². The zero-order chi connectivity index (χ0) is 23.0. The molecular weight excluding hydrogens is 408 g/mol. The monoisotopic (exact) mass is 436 g/mol. The van der Waals surface area contributed by atoms with Gasteiger partial charge in [0, 0.05) is 65.3 Å². The van der Waals surface area contributed by atoms with Gasteiger partial charge in [0.1, 0.15) is 0 Å². The van der Waals surface area contributed by atoms with E-state index in [0.29, 0.717) is 47.1 Å². The summed E-state index contributed by atoms with van der Waals surface area (Å²) in [6.45, 7) is 3.00. The molecule has 0 aliphatic carbocycles. The fraction of sp³-hybridized carbons (Fsp3) is 0.455. The molecule has 10 heteroatoms. The summed E-state index contributed by atoms with van der Waals surface area (Å²) in [5.74, 6) is 1.05. The van der Waals surface area contributed by atoms with E-state index in [2.05, 4.69) is 24.9 Å². The van der Waals surface area contributed by atoms with Crippen LogP contribution in [0.2, 0.25) is 0 Å². The van der Waals surface area contributed by atoms with Crippen LogP contribution in [-0.4, -0.2) is 77.0 Å². The molecule has 0 spiro atoms. The van der Waals surface area contributed by atoms with Crippen molar-refractivity contribution >= 4 is 28.7 Å². The number of hydrogen-bond donors (Lipinski definition) is 1. The van der Waals surface area contributed by atoms with E-state index in [1.165, 1.54) is 0 Å². The Kier molecular flexibility index (Phi) is 5.77. The Bertz CT molecular complexity index is 1220. The molecule has 4 rings (SSSR count). The van der Waals surface area contributed by atoms with Gasteiger partial charge in [-0.15, -0.1) is 0 Å². The molecule has 1 aliphatic rings. The number of rotatable bonds is 4. The summed E-state index contributed by atoms with van der Waals surface area (Å²) in [4.78, 5) is 51.8. The number of carbonyl (C=O) groups excluding carboxylic acids is 1. The number of H-pyrrole nitrogens is 1. The van der Waals surface area contributed by atoms with Gasteiger partial charge in [-0.1, -0.05) is 0 Å². The Morgan fingerprint density at radius 2 is 1.78 bits per heavy atom. The first-order valence-corrected chi connectivity index (χ1v) is 10.6. The second-order valence-corrected chi connectivity index (χ2v) is 8.57. The Hall–Kier alpha value is -3.56. The standard InChI is InChI=1S/C22H28N8O2/c1-13-15(10-23-21(25-13)28(2)3)20(32)30-8-6-7-14(12-30)17-9-18-16(19(31)26-17)11-24-22(27-18)29(4)5/h9-11,14H,6-8,12H2,1-5H3,(H,26,31). The highest BCUT2D eigenvalue weighted by atomic mass is 16.2. The van der Waals surface area contributed by atoms with Crippen LogP contribution in [0.3, 0.4) is 0 Å². The molecule has 0 radical (unpaired) electrons.